The molecule has 0 spiro atoms. The average Bonchev–Trinajstić information content (AvgIpc) is 3.30. The maximum absolute atomic E-state index is 5.98. The topological polar surface area (TPSA) is 67.6 Å². The summed E-state index contributed by atoms with van der Waals surface area (Å²) in [6.07, 6.45) is 2.85. The number of benzene rings is 1. The molecule has 1 aromatic carbocycles. The molecule has 1 aliphatic rings. The number of para-hydroxylation sites is 2. The molecule has 1 N–H and O–H groups in total. The molecule has 4 rings (SSSR count). The Kier molecular flexibility index (Phi) is 7.29. The molecule has 1 fully saturated rings. The summed E-state index contributed by atoms with van der Waals surface area (Å²) in [7, 11) is 1.83. The summed E-state index contributed by atoms with van der Waals surface area (Å²) in [6, 6.07) is 14.0. The van der Waals surface area contributed by atoms with Crippen molar-refractivity contribution < 1.29 is 4.74 Å². The van der Waals surface area contributed by atoms with Crippen molar-refractivity contribution in [3.8, 4) is 5.88 Å². The zero-order valence-corrected chi connectivity index (χ0v) is 19.1. The summed E-state index contributed by atoms with van der Waals surface area (Å²) in [5, 5.41) is 3.48. The van der Waals surface area contributed by atoms with Crippen LogP contribution in [-0.4, -0.2) is 58.2 Å². The highest BCUT2D eigenvalue weighted by molar-refractivity contribution is 14.0. The number of aliphatic imine (C=N–C) groups is 1. The first-order valence-electron chi connectivity index (χ1n) is 9.70. The van der Waals surface area contributed by atoms with Gasteiger partial charge in [-0.3, -0.25) is 4.99 Å². The number of likely N-dealkylation sites (tertiary alicyclic amines) is 1. The van der Waals surface area contributed by atoms with Crippen LogP contribution in [0.5, 0.6) is 5.88 Å². The zero-order valence-electron chi connectivity index (χ0n) is 16.8. The first-order chi connectivity index (χ1) is 13.7. The number of pyridine rings is 1. The standard InChI is InChI=1S/C21H26N6O.HI/c1-16-25-18-7-3-4-8-19(18)27(16)14-12-24-21(22-2)26-13-10-17(15-26)28-20-9-5-6-11-23-20;/h3-9,11,17H,10,12-15H2,1-2H3,(H,22,24);1H. The summed E-state index contributed by atoms with van der Waals surface area (Å²) < 4.78 is 8.22. The molecular formula is C21H27IN6O. The molecule has 0 amide bonds. The minimum Gasteiger partial charge on any atom is -0.472 e. The minimum atomic E-state index is 0. The second kappa shape index (κ2) is 9.91. The van der Waals surface area contributed by atoms with Crippen LogP contribution in [0, 0.1) is 6.92 Å². The van der Waals surface area contributed by atoms with E-state index in [1.54, 1.807) is 6.20 Å². The Morgan fingerprint density at radius 2 is 2.07 bits per heavy atom. The monoisotopic (exact) mass is 506 g/mol. The molecule has 3 heterocycles. The predicted octanol–water partition coefficient (Wildman–Crippen LogP) is 3.09. The number of hydrogen-bond acceptors (Lipinski definition) is 4. The first kappa shape index (κ1) is 21.4. The van der Waals surface area contributed by atoms with E-state index in [4.69, 9.17) is 4.74 Å². The third-order valence-corrected chi connectivity index (χ3v) is 5.05. The second-order valence-electron chi connectivity index (χ2n) is 6.92. The third-order valence-electron chi connectivity index (χ3n) is 5.05. The first-order valence-corrected chi connectivity index (χ1v) is 9.70. The van der Waals surface area contributed by atoms with Gasteiger partial charge in [-0.25, -0.2) is 9.97 Å². The van der Waals surface area contributed by atoms with Crippen LogP contribution in [-0.2, 0) is 6.54 Å². The third kappa shape index (κ3) is 4.98. The molecule has 0 saturated carbocycles. The molecule has 7 nitrogen and oxygen atoms in total. The van der Waals surface area contributed by atoms with E-state index in [1.165, 1.54) is 5.52 Å². The zero-order chi connectivity index (χ0) is 19.3. The summed E-state index contributed by atoms with van der Waals surface area (Å²) in [5.41, 5.74) is 2.21. The van der Waals surface area contributed by atoms with Crippen LogP contribution in [0.1, 0.15) is 12.2 Å². The van der Waals surface area contributed by atoms with Gasteiger partial charge in [0.25, 0.3) is 0 Å². The number of nitrogens with zero attached hydrogens (tertiary/aromatic N) is 5. The number of guanidine groups is 1. The van der Waals surface area contributed by atoms with Crippen molar-refractivity contribution in [1.82, 2.24) is 24.8 Å². The van der Waals surface area contributed by atoms with Crippen LogP contribution in [0.2, 0.25) is 0 Å². The normalized spacial score (nSPS) is 16.7. The minimum absolute atomic E-state index is 0. The van der Waals surface area contributed by atoms with Gasteiger partial charge in [0.2, 0.25) is 5.88 Å². The number of hydrogen-bond donors (Lipinski definition) is 1. The summed E-state index contributed by atoms with van der Waals surface area (Å²) in [6.45, 7) is 5.41. The molecule has 3 aromatic rings. The lowest BCUT2D eigenvalue weighted by Crippen LogP contribution is -2.42. The van der Waals surface area contributed by atoms with Crippen LogP contribution >= 0.6 is 24.0 Å². The fraction of sp³-hybridized carbons (Fsp3) is 0.381. The Morgan fingerprint density at radius 1 is 1.24 bits per heavy atom. The molecule has 0 aliphatic carbocycles. The quantitative estimate of drug-likeness (QED) is 0.328. The molecule has 1 aliphatic heterocycles. The van der Waals surface area contributed by atoms with E-state index in [0.29, 0.717) is 5.88 Å². The van der Waals surface area contributed by atoms with Gasteiger partial charge in [0.05, 0.1) is 17.6 Å². The number of fused-ring (bicyclic) bond motifs is 1. The lowest BCUT2D eigenvalue weighted by atomic mass is 10.3. The number of aromatic nitrogens is 3. The Balaban J connectivity index is 0.00000240. The van der Waals surface area contributed by atoms with Crippen LogP contribution < -0.4 is 10.1 Å². The maximum Gasteiger partial charge on any atom is 0.213 e. The maximum atomic E-state index is 5.98. The van der Waals surface area contributed by atoms with Crippen LogP contribution in [0.3, 0.4) is 0 Å². The lowest BCUT2D eigenvalue weighted by Gasteiger charge is -2.22. The second-order valence-corrected chi connectivity index (χ2v) is 6.92. The SMILES string of the molecule is CN=C(NCCn1c(C)nc2ccccc21)N1CCC(Oc2ccccn2)C1.I. The van der Waals surface area contributed by atoms with Gasteiger partial charge >= 0.3 is 0 Å². The summed E-state index contributed by atoms with van der Waals surface area (Å²) in [5.74, 6) is 2.62. The van der Waals surface area contributed by atoms with E-state index in [2.05, 4.69) is 54.9 Å². The van der Waals surface area contributed by atoms with Crippen molar-refractivity contribution in [2.75, 3.05) is 26.7 Å². The van der Waals surface area contributed by atoms with Crippen molar-refractivity contribution in [2.45, 2.75) is 26.0 Å². The average molecular weight is 506 g/mol. The van der Waals surface area contributed by atoms with Gasteiger partial charge in [-0.05, 0) is 25.1 Å². The van der Waals surface area contributed by atoms with Crippen molar-refractivity contribution in [3.63, 3.8) is 0 Å². The fourth-order valence-corrected chi connectivity index (χ4v) is 3.69. The number of nitrogens with one attached hydrogen (secondary N) is 1. The number of imidazole rings is 1. The Morgan fingerprint density at radius 3 is 2.86 bits per heavy atom. The smallest absolute Gasteiger partial charge is 0.213 e. The number of ether oxygens (including phenoxy) is 1. The highest BCUT2D eigenvalue weighted by Gasteiger charge is 2.26. The van der Waals surface area contributed by atoms with Crippen LogP contribution in [0.4, 0.5) is 0 Å². The van der Waals surface area contributed by atoms with E-state index in [-0.39, 0.29) is 30.1 Å². The number of aryl methyl sites for hydroxylation is 1. The van der Waals surface area contributed by atoms with Crippen LogP contribution in [0.25, 0.3) is 11.0 Å². The Bertz CT molecular complexity index is 958. The van der Waals surface area contributed by atoms with Crippen molar-refractivity contribution >= 4 is 41.0 Å². The molecule has 1 saturated heterocycles. The molecule has 0 bridgehead atoms. The van der Waals surface area contributed by atoms with Crippen molar-refractivity contribution in [1.29, 1.82) is 0 Å². The van der Waals surface area contributed by atoms with E-state index in [0.717, 1.165) is 49.9 Å². The van der Waals surface area contributed by atoms with Gasteiger partial charge in [-0.1, -0.05) is 18.2 Å². The van der Waals surface area contributed by atoms with E-state index < -0.39 is 0 Å². The molecule has 29 heavy (non-hydrogen) atoms. The summed E-state index contributed by atoms with van der Waals surface area (Å²) >= 11 is 0. The van der Waals surface area contributed by atoms with E-state index >= 15 is 0 Å². The predicted molar refractivity (Wildman–Crippen MR) is 126 cm³/mol. The fourth-order valence-electron chi connectivity index (χ4n) is 3.69. The highest BCUT2D eigenvalue weighted by Crippen LogP contribution is 2.17. The highest BCUT2D eigenvalue weighted by atomic mass is 127. The van der Waals surface area contributed by atoms with Gasteiger partial charge < -0.3 is 19.5 Å². The lowest BCUT2D eigenvalue weighted by molar-refractivity contribution is 0.205. The summed E-state index contributed by atoms with van der Waals surface area (Å²) in [4.78, 5) is 15.6. The van der Waals surface area contributed by atoms with Crippen molar-refractivity contribution in [3.05, 3.63) is 54.5 Å². The molecular weight excluding hydrogens is 479 g/mol. The number of rotatable bonds is 5. The Labute approximate surface area is 188 Å². The van der Waals surface area contributed by atoms with Gasteiger partial charge in [0.1, 0.15) is 11.9 Å². The molecule has 154 valence electrons. The van der Waals surface area contributed by atoms with Gasteiger partial charge in [-0.15, -0.1) is 24.0 Å². The van der Waals surface area contributed by atoms with Gasteiger partial charge in [0.15, 0.2) is 5.96 Å². The molecule has 1 atom stereocenters. The van der Waals surface area contributed by atoms with Crippen LogP contribution in [0.15, 0.2) is 53.7 Å². The Hall–Kier alpha value is -2.36. The van der Waals surface area contributed by atoms with E-state index in [9.17, 15) is 0 Å². The van der Waals surface area contributed by atoms with Gasteiger partial charge in [-0.2, -0.15) is 0 Å². The molecule has 8 heteroatoms. The van der Waals surface area contributed by atoms with Gasteiger partial charge in [0, 0.05) is 45.4 Å². The van der Waals surface area contributed by atoms with E-state index in [1.807, 2.05) is 31.3 Å². The molecule has 2 aromatic heterocycles. The van der Waals surface area contributed by atoms with Crippen molar-refractivity contribution in [2.24, 2.45) is 4.99 Å². The number of halogens is 1. The largest absolute Gasteiger partial charge is 0.472 e. The molecule has 0 radical (unpaired) electrons. The molecule has 1 unspecified atom stereocenters.